The molecule has 1 saturated carbocycles. The van der Waals surface area contributed by atoms with Crippen molar-refractivity contribution >= 4 is 11.9 Å². The molecule has 0 saturated heterocycles. The monoisotopic (exact) mass is 283 g/mol. The number of hydrogen-bond donors (Lipinski definition) is 1. The molecule has 1 atom stereocenters. The van der Waals surface area contributed by atoms with Crippen LogP contribution in [0, 0.1) is 0 Å². The van der Waals surface area contributed by atoms with E-state index in [1.807, 2.05) is 35.2 Å². The molecule has 4 rings (SSSR count). The number of likely N-dealkylation sites (N-methyl/N-ethyl adjacent to an activating group) is 1. The first-order valence-electron chi connectivity index (χ1n) is 7.30. The van der Waals surface area contributed by atoms with Crippen molar-refractivity contribution in [3.63, 3.8) is 0 Å². The van der Waals surface area contributed by atoms with Gasteiger partial charge in [0.1, 0.15) is 0 Å². The van der Waals surface area contributed by atoms with Crippen molar-refractivity contribution in [1.82, 2.24) is 15.1 Å². The Morgan fingerprint density at radius 2 is 1.86 bits per heavy atom. The highest BCUT2D eigenvalue weighted by Crippen LogP contribution is 2.40. The summed E-state index contributed by atoms with van der Waals surface area (Å²) in [5.41, 5.74) is 2.54. The molecule has 5 heteroatoms. The van der Waals surface area contributed by atoms with E-state index in [1.165, 1.54) is 0 Å². The number of rotatable bonds is 2. The highest BCUT2D eigenvalue weighted by molar-refractivity contribution is 6.01. The van der Waals surface area contributed by atoms with Gasteiger partial charge in [-0.05, 0) is 18.4 Å². The van der Waals surface area contributed by atoms with E-state index >= 15 is 0 Å². The van der Waals surface area contributed by atoms with E-state index in [0.29, 0.717) is 12.6 Å². The van der Waals surface area contributed by atoms with Crippen molar-refractivity contribution in [3.8, 4) is 0 Å². The molecule has 0 bridgehead atoms. The van der Waals surface area contributed by atoms with Gasteiger partial charge in [0, 0.05) is 13.1 Å². The smallest absolute Gasteiger partial charge is 0.322 e. The minimum atomic E-state index is -0.332. The van der Waals surface area contributed by atoms with Gasteiger partial charge in [-0.2, -0.15) is 0 Å². The van der Waals surface area contributed by atoms with E-state index < -0.39 is 0 Å². The average Bonchev–Trinajstić information content (AvgIpc) is 3.28. The van der Waals surface area contributed by atoms with E-state index in [-0.39, 0.29) is 18.0 Å². The Labute approximate surface area is 123 Å². The van der Waals surface area contributed by atoms with E-state index in [9.17, 15) is 9.59 Å². The summed E-state index contributed by atoms with van der Waals surface area (Å²) in [5.74, 6) is 0.0770. The standard InChI is InChI=1S/C16H17N3O2/c1-18-12-9-19(11-7-8-11)15(20)13(12)14(17-16(18)21)10-5-3-2-4-6-10/h2-6,11,14H,7-9H2,1H3,(H,17,21)/t14-/m0/s1. The molecular formula is C16H17N3O2. The molecular weight excluding hydrogens is 266 g/mol. The number of amides is 3. The van der Waals surface area contributed by atoms with Crippen LogP contribution >= 0.6 is 0 Å². The molecule has 108 valence electrons. The lowest BCUT2D eigenvalue weighted by molar-refractivity contribution is -0.126. The molecule has 21 heavy (non-hydrogen) atoms. The fraction of sp³-hybridized carbons (Fsp3) is 0.375. The maximum atomic E-state index is 12.7. The van der Waals surface area contributed by atoms with Crippen molar-refractivity contribution in [1.29, 1.82) is 0 Å². The molecule has 0 aromatic heterocycles. The fourth-order valence-electron chi connectivity index (χ4n) is 3.16. The van der Waals surface area contributed by atoms with E-state index in [0.717, 1.165) is 29.7 Å². The Bertz CT molecular complexity index is 649. The number of carbonyl (C=O) groups excluding carboxylic acids is 2. The SMILES string of the molecule is CN1C(=O)N[C@@H](c2ccccc2)C2=C1CN(C1CC1)C2=O. The summed E-state index contributed by atoms with van der Waals surface area (Å²) < 4.78 is 0. The third kappa shape index (κ3) is 1.84. The summed E-state index contributed by atoms with van der Waals surface area (Å²) in [6.45, 7) is 0.562. The lowest BCUT2D eigenvalue weighted by atomic mass is 9.96. The molecule has 0 radical (unpaired) electrons. The fourth-order valence-corrected chi connectivity index (χ4v) is 3.16. The van der Waals surface area contributed by atoms with Crippen molar-refractivity contribution in [2.75, 3.05) is 13.6 Å². The van der Waals surface area contributed by atoms with Gasteiger partial charge in [-0.1, -0.05) is 30.3 Å². The number of nitrogens with one attached hydrogen (secondary N) is 1. The minimum Gasteiger partial charge on any atom is -0.330 e. The highest BCUT2D eigenvalue weighted by atomic mass is 16.2. The van der Waals surface area contributed by atoms with Gasteiger partial charge in [-0.25, -0.2) is 4.79 Å². The number of nitrogens with zero attached hydrogens (tertiary/aromatic N) is 2. The summed E-state index contributed by atoms with van der Waals surface area (Å²) in [6.07, 6.45) is 2.15. The third-order valence-corrected chi connectivity index (χ3v) is 4.51. The number of carbonyl (C=O) groups is 2. The molecule has 3 amide bonds. The lowest BCUT2D eigenvalue weighted by Crippen LogP contribution is -2.45. The van der Waals surface area contributed by atoms with E-state index in [4.69, 9.17) is 0 Å². The van der Waals surface area contributed by atoms with Crippen molar-refractivity contribution in [2.24, 2.45) is 0 Å². The summed E-state index contributed by atoms with van der Waals surface area (Å²) in [5, 5.41) is 2.95. The molecule has 2 heterocycles. The average molecular weight is 283 g/mol. The van der Waals surface area contributed by atoms with Crippen molar-refractivity contribution in [2.45, 2.75) is 24.9 Å². The molecule has 0 unspecified atom stereocenters. The summed E-state index contributed by atoms with van der Waals surface area (Å²) in [7, 11) is 1.73. The van der Waals surface area contributed by atoms with Gasteiger partial charge in [-0.15, -0.1) is 0 Å². The molecule has 3 aliphatic rings. The van der Waals surface area contributed by atoms with Crippen LogP contribution in [0.15, 0.2) is 41.6 Å². The van der Waals surface area contributed by atoms with E-state index in [1.54, 1.807) is 11.9 Å². The lowest BCUT2D eigenvalue weighted by Gasteiger charge is -2.31. The van der Waals surface area contributed by atoms with Crippen LogP contribution in [0.5, 0.6) is 0 Å². The minimum absolute atomic E-state index is 0.0770. The Hall–Kier alpha value is -2.30. The van der Waals surface area contributed by atoms with Crippen LogP contribution in [-0.2, 0) is 4.79 Å². The largest absolute Gasteiger partial charge is 0.330 e. The molecule has 1 aromatic rings. The zero-order chi connectivity index (χ0) is 14.6. The third-order valence-electron chi connectivity index (χ3n) is 4.51. The van der Waals surface area contributed by atoms with Crippen LogP contribution < -0.4 is 5.32 Å². The molecule has 1 N–H and O–H groups in total. The quantitative estimate of drug-likeness (QED) is 0.897. The second-order valence-electron chi connectivity index (χ2n) is 5.88. The number of benzene rings is 1. The van der Waals surface area contributed by atoms with Crippen LogP contribution in [0.3, 0.4) is 0 Å². The predicted octanol–water partition coefficient (Wildman–Crippen LogP) is 1.64. The molecule has 1 fully saturated rings. The van der Waals surface area contributed by atoms with Crippen molar-refractivity contribution < 1.29 is 9.59 Å². The summed E-state index contributed by atoms with van der Waals surface area (Å²) in [6, 6.07) is 9.58. The highest BCUT2D eigenvalue weighted by Gasteiger charge is 2.46. The Morgan fingerprint density at radius 3 is 2.52 bits per heavy atom. The maximum absolute atomic E-state index is 12.7. The van der Waals surface area contributed by atoms with Gasteiger partial charge in [-0.3, -0.25) is 9.69 Å². The zero-order valence-electron chi connectivity index (χ0n) is 11.9. The first-order valence-corrected chi connectivity index (χ1v) is 7.30. The Balaban J connectivity index is 1.77. The zero-order valence-corrected chi connectivity index (χ0v) is 11.9. The molecule has 1 aromatic carbocycles. The van der Waals surface area contributed by atoms with Gasteiger partial charge >= 0.3 is 6.03 Å². The van der Waals surface area contributed by atoms with E-state index in [2.05, 4.69) is 5.32 Å². The maximum Gasteiger partial charge on any atom is 0.322 e. The van der Waals surface area contributed by atoms with Crippen LogP contribution in [0.2, 0.25) is 0 Å². The second-order valence-corrected chi connectivity index (χ2v) is 5.88. The van der Waals surface area contributed by atoms with Gasteiger partial charge in [0.2, 0.25) is 0 Å². The van der Waals surface area contributed by atoms with Gasteiger partial charge in [0.25, 0.3) is 5.91 Å². The van der Waals surface area contributed by atoms with Crippen LogP contribution in [0.4, 0.5) is 4.79 Å². The number of urea groups is 1. The Morgan fingerprint density at radius 1 is 1.14 bits per heavy atom. The summed E-state index contributed by atoms with van der Waals surface area (Å²) in [4.78, 5) is 28.4. The normalized spacial score (nSPS) is 25.3. The predicted molar refractivity (Wildman–Crippen MR) is 77.2 cm³/mol. The molecule has 5 nitrogen and oxygen atoms in total. The topological polar surface area (TPSA) is 52.7 Å². The van der Waals surface area contributed by atoms with Crippen LogP contribution in [-0.4, -0.2) is 41.4 Å². The van der Waals surface area contributed by atoms with Gasteiger partial charge in [0.15, 0.2) is 0 Å². The first kappa shape index (κ1) is 12.4. The molecule has 1 aliphatic carbocycles. The number of hydrogen-bond acceptors (Lipinski definition) is 2. The van der Waals surface area contributed by atoms with Crippen LogP contribution in [0.25, 0.3) is 0 Å². The first-order chi connectivity index (χ1) is 10.2. The Kier molecular flexibility index (Phi) is 2.58. The van der Waals surface area contributed by atoms with Crippen molar-refractivity contribution in [3.05, 3.63) is 47.2 Å². The molecule has 0 spiro atoms. The van der Waals surface area contributed by atoms with Gasteiger partial charge < -0.3 is 10.2 Å². The second kappa shape index (κ2) is 4.35. The summed E-state index contributed by atoms with van der Waals surface area (Å²) >= 11 is 0. The van der Waals surface area contributed by atoms with Gasteiger partial charge in [0.05, 0.1) is 23.9 Å². The molecule has 2 aliphatic heterocycles. The van der Waals surface area contributed by atoms with Crippen LogP contribution in [0.1, 0.15) is 24.4 Å².